The Morgan fingerprint density at radius 2 is 1.75 bits per heavy atom. The zero-order valence-electron chi connectivity index (χ0n) is 14.5. The van der Waals surface area contributed by atoms with E-state index in [1.165, 1.54) is 6.26 Å². The van der Waals surface area contributed by atoms with Crippen LogP contribution in [-0.2, 0) is 20.0 Å². The Labute approximate surface area is 150 Å². The van der Waals surface area contributed by atoms with Gasteiger partial charge in [0.1, 0.15) is 0 Å². The van der Waals surface area contributed by atoms with Crippen LogP contribution in [0.5, 0.6) is 0 Å². The maximum absolute atomic E-state index is 12.7. The van der Waals surface area contributed by atoms with Crippen LogP contribution < -0.4 is 10.6 Å². The van der Waals surface area contributed by atoms with Crippen molar-refractivity contribution in [2.75, 3.05) is 25.9 Å². The fraction of sp³-hybridized carbons (Fsp3) is 0.588. The average molecular weight is 375 g/mol. The summed E-state index contributed by atoms with van der Waals surface area (Å²) in [5, 5.41) is 6.01. The first-order valence-corrected chi connectivity index (χ1v) is 9.82. The van der Waals surface area contributed by atoms with Crippen LogP contribution in [0.25, 0.3) is 0 Å². The Kier molecular flexibility index (Phi) is 6.84. The van der Waals surface area contributed by atoms with Gasteiger partial charge in [-0.1, -0.05) is 44.2 Å². The van der Waals surface area contributed by atoms with Gasteiger partial charge in [-0.2, -0.15) is 0 Å². The van der Waals surface area contributed by atoms with Gasteiger partial charge in [0.05, 0.1) is 0 Å². The lowest BCUT2D eigenvalue weighted by atomic mass is 9.84. The number of benzene rings is 1. The maximum atomic E-state index is 12.7. The van der Waals surface area contributed by atoms with Gasteiger partial charge in [-0.25, -0.2) is 8.42 Å². The highest BCUT2D eigenvalue weighted by atomic mass is 35.5. The van der Waals surface area contributed by atoms with Gasteiger partial charge in [-0.3, -0.25) is 4.79 Å². The van der Waals surface area contributed by atoms with Gasteiger partial charge in [-0.05, 0) is 31.5 Å². The van der Waals surface area contributed by atoms with E-state index in [0.717, 1.165) is 5.56 Å². The van der Waals surface area contributed by atoms with Crippen LogP contribution in [0.4, 0.5) is 0 Å². The molecule has 2 rings (SSSR count). The van der Waals surface area contributed by atoms with Gasteiger partial charge in [0.25, 0.3) is 0 Å². The number of hydrogen-bond donors (Lipinski definition) is 2. The fourth-order valence-electron chi connectivity index (χ4n) is 3.05. The number of hydrogen-bond acceptors (Lipinski definition) is 4. The zero-order valence-corrected chi connectivity index (χ0v) is 16.1. The van der Waals surface area contributed by atoms with E-state index >= 15 is 0 Å². The molecule has 0 radical (unpaired) electrons. The Balaban J connectivity index is 0.00000288. The predicted octanol–water partition coefficient (Wildman–Crippen LogP) is 1.67. The second-order valence-corrected chi connectivity index (χ2v) is 9.27. The topological polar surface area (TPSA) is 75.3 Å². The molecule has 0 unspecified atom stereocenters. The summed E-state index contributed by atoms with van der Waals surface area (Å²) in [6.07, 6.45) is 1.81. The summed E-state index contributed by atoms with van der Waals surface area (Å²) in [4.78, 5) is 12.7. The maximum Gasteiger partial charge on any atom is 0.241 e. The molecule has 0 spiro atoms. The van der Waals surface area contributed by atoms with Crippen LogP contribution in [0.15, 0.2) is 30.3 Å². The Bertz CT molecular complexity index is 654. The first kappa shape index (κ1) is 20.9. The smallest absolute Gasteiger partial charge is 0.241 e. The van der Waals surface area contributed by atoms with E-state index in [9.17, 15) is 13.2 Å². The quantitative estimate of drug-likeness (QED) is 0.822. The largest absolute Gasteiger partial charge is 0.354 e. The molecule has 0 saturated carbocycles. The van der Waals surface area contributed by atoms with Crippen molar-refractivity contribution in [1.82, 2.24) is 10.6 Å². The summed E-state index contributed by atoms with van der Waals surface area (Å²) in [6.45, 7) is 5.57. The Morgan fingerprint density at radius 1 is 1.21 bits per heavy atom. The molecule has 2 N–H and O–H groups in total. The van der Waals surface area contributed by atoms with Gasteiger partial charge < -0.3 is 10.6 Å². The molecule has 1 aliphatic heterocycles. The summed E-state index contributed by atoms with van der Waals surface area (Å²) in [6, 6.07) is 9.91. The van der Waals surface area contributed by atoms with E-state index in [1.807, 2.05) is 44.2 Å². The second-order valence-electron chi connectivity index (χ2n) is 6.95. The second kappa shape index (κ2) is 7.85. The lowest BCUT2D eigenvalue weighted by molar-refractivity contribution is -0.124. The molecule has 7 heteroatoms. The SMILES string of the molecule is CC(C)(CNC(=O)C1(S(C)(=O)=O)CCNCC1)c1ccccc1.Cl. The predicted molar refractivity (Wildman–Crippen MR) is 99.4 cm³/mol. The van der Waals surface area contributed by atoms with Gasteiger partial charge in [0.2, 0.25) is 5.91 Å². The van der Waals surface area contributed by atoms with Crippen LogP contribution in [0.1, 0.15) is 32.3 Å². The average Bonchev–Trinajstić information content (AvgIpc) is 2.53. The number of sulfone groups is 1. The molecule has 1 saturated heterocycles. The standard InChI is InChI=1S/C17H26N2O3S.ClH/c1-16(2,14-7-5-4-6-8-14)13-19-15(20)17(23(3,21)22)9-11-18-12-10-17;/h4-8,18H,9-13H2,1-3H3,(H,19,20);1H. The molecular formula is C17H27ClN2O3S. The Morgan fingerprint density at radius 3 is 2.25 bits per heavy atom. The number of halogens is 1. The van der Waals surface area contributed by atoms with Crippen LogP contribution in [0.3, 0.4) is 0 Å². The van der Waals surface area contributed by atoms with Crippen LogP contribution in [0.2, 0.25) is 0 Å². The van der Waals surface area contributed by atoms with Crippen molar-refractivity contribution in [2.45, 2.75) is 36.9 Å². The van der Waals surface area contributed by atoms with Crippen molar-refractivity contribution in [2.24, 2.45) is 0 Å². The monoisotopic (exact) mass is 374 g/mol. The van der Waals surface area contributed by atoms with E-state index in [0.29, 0.717) is 32.5 Å². The fourth-order valence-corrected chi connectivity index (χ4v) is 4.41. The third-order valence-electron chi connectivity index (χ3n) is 4.78. The molecule has 24 heavy (non-hydrogen) atoms. The highest BCUT2D eigenvalue weighted by Crippen LogP contribution is 2.29. The summed E-state index contributed by atoms with van der Waals surface area (Å²) in [5.74, 6) is -0.370. The third-order valence-corrected chi connectivity index (χ3v) is 6.79. The summed E-state index contributed by atoms with van der Waals surface area (Å²) < 4.78 is 23.2. The van der Waals surface area contributed by atoms with Crippen molar-refractivity contribution < 1.29 is 13.2 Å². The van der Waals surface area contributed by atoms with Gasteiger partial charge >= 0.3 is 0 Å². The molecule has 0 aromatic heterocycles. The molecular weight excluding hydrogens is 348 g/mol. The number of amides is 1. The van der Waals surface area contributed by atoms with Crippen molar-refractivity contribution in [3.63, 3.8) is 0 Å². The molecule has 1 amide bonds. The first-order chi connectivity index (χ1) is 10.7. The summed E-state index contributed by atoms with van der Waals surface area (Å²) in [7, 11) is -3.47. The molecule has 136 valence electrons. The molecule has 1 aromatic carbocycles. The van der Waals surface area contributed by atoms with E-state index in [1.54, 1.807) is 0 Å². The van der Waals surface area contributed by atoms with Crippen molar-refractivity contribution in [3.05, 3.63) is 35.9 Å². The molecule has 0 aliphatic carbocycles. The van der Waals surface area contributed by atoms with Gasteiger partial charge in [0, 0.05) is 18.2 Å². The van der Waals surface area contributed by atoms with E-state index in [-0.39, 0.29) is 23.7 Å². The minimum atomic E-state index is -3.47. The number of rotatable bonds is 5. The number of carbonyl (C=O) groups is 1. The Hall–Kier alpha value is -1.11. The molecule has 1 aromatic rings. The molecule has 1 fully saturated rings. The van der Waals surface area contributed by atoms with Crippen LogP contribution in [0, 0.1) is 0 Å². The highest BCUT2D eigenvalue weighted by molar-refractivity contribution is 7.92. The minimum absolute atomic E-state index is 0. The van der Waals surface area contributed by atoms with E-state index in [2.05, 4.69) is 10.6 Å². The summed E-state index contributed by atoms with van der Waals surface area (Å²) >= 11 is 0. The van der Waals surface area contributed by atoms with Gasteiger partial charge in [-0.15, -0.1) is 12.4 Å². The molecule has 1 aliphatic rings. The molecule has 0 atom stereocenters. The minimum Gasteiger partial charge on any atom is -0.354 e. The van der Waals surface area contributed by atoms with Crippen molar-refractivity contribution >= 4 is 28.2 Å². The lowest BCUT2D eigenvalue weighted by Gasteiger charge is -2.35. The van der Waals surface area contributed by atoms with Gasteiger partial charge in [0.15, 0.2) is 14.6 Å². The molecule has 0 bridgehead atoms. The van der Waals surface area contributed by atoms with Crippen LogP contribution in [-0.4, -0.2) is 45.0 Å². The highest BCUT2D eigenvalue weighted by Gasteiger charge is 2.48. The normalized spacial score (nSPS) is 17.6. The lowest BCUT2D eigenvalue weighted by Crippen LogP contribution is -2.58. The number of piperidine rings is 1. The third kappa shape index (κ3) is 4.29. The number of carbonyl (C=O) groups excluding carboxylic acids is 1. The molecule has 1 heterocycles. The zero-order chi connectivity index (χ0) is 17.1. The van der Waals surface area contributed by atoms with Crippen LogP contribution >= 0.6 is 12.4 Å². The van der Waals surface area contributed by atoms with Crippen molar-refractivity contribution in [3.8, 4) is 0 Å². The summed E-state index contributed by atoms with van der Waals surface area (Å²) in [5.41, 5.74) is 0.849. The molecule has 5 nitrogen and oxygen atoms in total. The first-order valence-electron chi connectivity index (χ1n) is 7.93. The van der Waals surface area contributed by atoms with E-state index in [4.69, 9.17) is 0 Å². The number of nitrogens with one attached hydrogen (secondary N) is 2. The van der Waals surface area contributed by atoms with Crippen molar-refractivity contribution in [1.29, 1.82) is 0 Å². The van der Waals surface area contributed by atoms with E-state index < -0.39 is 14.6 Å².